The number of methoxy groups -OCH3 is 4. The van der Waals surface area contributed by atoms with Crippen LogP contribution in [-0.4, -0.2) is 35.0 Å². The van der Waals surface area contributed by atoms with Crippen LogP contribution in [0.15, 0.2) is 24.3 Å². The molecule has 1 heterocycles. The predicted octanol–water partition coefficient (Wildman–Crippen LogP) is 3.47. The van der Waals surface area contributed by atoms with Crippen molar-refractivity contribution in [1.29, 1.82) is 0 Å². The van der Waals surface area contributed by atoms with E-state index in [1.807, 2.05) is 6.07 Å². The van der Waals surface area contributed by atoms with Crippen molar-refractivity contribution in [2.75, 3.05) is 40.3 Å². The number of aryl methyl sites for hydroxylation is 2. The Morgan fingerprint density at radius 2 is 1.04 bits per heavy atom. The van der Waals surface area contributed by atoms with Crippen molar-refractivity contribution in [3.63, 3.8) is 0 Å². The molecule has 0 fully saturated rings. The van der Waals surface area contributed by atoms with Gasteiger partial charge < -0.3 is 24.3 Å². The van der Waals surface area contributed by atoms with E-state index < -0.39 is 0 Å². The van der Waals surface area contributed by atoms with Crippen molar-refractivity contribution in [2.45, 2.75) is 19.3 Å². The SMILES string of the molecule is COc1cc2c(cc1OC)CCc1cc(OC)c(OC)cc1NCC2. The lowest BCUT2D eigenvalue weighted by atomic mass is 9.97. The Morgan fingerprint density at radius 1 is 0.600 bits per heavy atom. The molecule has 1 aliphatic heterocycles. The summed E-state index contributed by atoms with van der Waals surface area (Å²) in [5.74, 6) is 3.06. The quantitative estimate of drug-likeness (QED) is 0.921. The zero-order chi connectivity index (χ0) is 17.8. The van der Waals surface area contributed by atoms with Gasteiger partial charge in [-0.3, -0.25) is 0 Å². The van der Waals surface area contributed by atoms with E-state index in [-0.39, 0.29) is 0 Å². The summed E-state index contributed by atoms with van der Waals surface area (Å²) in [6, 6.07) is 8.27. The molecule has 1 N–H and O–H groups in total. The average molecular weight is 343 g/mol. The van der Waals surface area contributed by atoms with Gasteiger partial charge in [-0.05, 0) is 54.2 Å². The first kappa shape index (κ1) is 17.3. The maximum atomic E-state index is 5.46. The molecule has 25 heavy (non-hydrogen) atoms. The van der Waals surface area contributed by atoms with E-state index in [1.54, 1.807) is 28.4 Å². The second-order valence-electron chi connectivity index (χ2n) is 6.02. The molecule has 2 aromatic carbocycles. The maximum Gasteiger partial charge on any atom is 0.162 e. The largest absolute Gasteiger partial charge is 0.493 e. The maximum absolute atomic E-state index is 5.46. The van der Waals surface area contributed by atoms with Crippen LogP contribution in [0.5, 0.6) is 23.0 Å². The van der Waals surface area contributed by atoms with Crippen molar-refractivity contribution in [1.82, 2.24) is 0 Å². The van der Waals surface area contributed by atoms with Crippen LogP contribution in [0.3, 0.4) is 0 Å². The van der Waals surface area contributed by atoms with E-state index in [9.17, 15) is 0 Å². The Balaban J connectivity index is 1.97. The summed E-state index contributed by atoms with van der Waals surface area (Å²) in [5, 5.41) is 3.53. The van der Waals surface area contributed by atoms with E-state index in [0.717, 1.165) is 54.5 Å². The summed E-state index contributed by atoms with van der Waals surface area (Å²) in [6.45, 7) is 0.838. The van der Waals surface area contributed by atoms with Gasteiger partial charge in [-0.25, -0.2) is 0 Å². The van der Waals surface area contributed by atoms with Crippen LogP contribution < -0.4 is 24.3 Å². The van der Waals surface area contributed by atoms with E-state index in [1.165, 1.54) is 16.7 Å². The third kappa shape index (κ3) is 3.45. The Labute approximate surface area is 148 Å². The molecule has 134 valence electrons. The summed E-state index contributed by atoms with van der Waals surface area (Å²) < 4.78 is 21.8. The predicted molar refractivity (Wildman–Crippen MR) is 98.7 cm³/mol. The molecule has 5 heteroatoms. The molecule has 1 aliphatic rings. The summed E-state index contributed by atoms with van der Waals surface area (Å²) in [6.07, 6.45) is 2.76. The number of nitrogens with one attached hydrogen (secondary N) is 1. The monoisotopic (exact) mass is 343 g/mol. The van der Waals surface area contributed by atoms with Crippen LogP contribution in [0.4, 0.5) is 5.69 Å². The van der Waals surface area contributed by atoms with Gasteiger partial charge in [0.15, 0.2) is 23.0 Å². The molecule has 0 aromatic heterocycles. The molecule has 0 spiro atoms. The molecule has 0 saturated carbocycles. The Bertz CT molecular complexity index is 694. The van der Waals surface area contributed by atoms with Crippen molar-refractivity contribution in [3.05, 3.63) is 41.0 Å². The fraction of sp³-hybridized carbons (Fsp3) is 0.400. The molecule has 0 radical (unpaired) electrons. The van der Waals surface area contributed by atoms with Gasteiger partial charge >= 0.3 is 0 Å². The van der Waals surface area contributed by atoms with Gasteiger partial charge in [-0.2, -0.15) is 0 Å². The minimum atomic E-state index is 0.744. The highest BCUT2D eigenvalue weighted by Gasteiger charge is 2.16. The minimum Gasteiger partial charge on any atom is -0.493 e. The molecule has 0 unspecified atom stereocenters. The number of anilines is 1. The second kappa shape index (κ2) is 7.55. The highest BCUT2D eigenvalue weighted by atomic mass is 16.5. The second-order valence-corrected chi connectivity index (χ2v) is 6.02. The molecule has 0 amide bonds. The molecule has 5 nitrogen and oxygen atoms in total. The van der Waals surface area contributed by atoms with Crippen LogP contribution in [0.2, 0.25) is 0 Å². The van der Waals surface area contributed by atoms with E-state index in [2.05, 4.69) is 23.5 Å². The zero-order valence-corrected chi connectivity index (χ0v) is 15.3. The molecule has 0 atom stereocenters. The van der Waals surface area contributed by atoms with Gasteiger partial charge in [0.2, 0.25) is 0 Å². The fourth-order valence-corrected chi connectivity index (χ4v) is 3.32. The first-order valence-electron chi connectivity index (χ1n) is 8.42. The Hall–Kier alpha value is -2.56. The third-order valence-electron chi connectivity index (χ3n) is 4.69. The van der Waals surface area contributed by atoms with Gasteiger partial charge in [0.05, 0.1) is 28.4 Å². The van der Waals surface area contributed by atoms with Gasteiger partial charge in [-0.15, -0.1) is 0 Å². The van der Waals surface area contributed by atoms with Crippen molar-refractivity contribution >= 4 is 5.69 Å². The molecule has 3 rings (SSSR count). The van der Waals surface area contributed by atoms with Crippen LogP contribution >= 0.6 is 0 Å². The number of benzene rings is 2. The highest BCUT2D eigenvalue weighted by molar-refractivity contribution is 5.61. The fourth-order valence-electron chi connectivity index (χ4n) is 3.32. The summed E-state index contributed by atoms with van der Waals surface area (Å²) in [5.41, 5.74) is 4.91. The van der Waals surface area contributed by atoms with Crippen LogP contribution in [0, 0.1) is 0 Å². The smallest absolute Gasteiger partial charge is 0.162 e. The van der Waals surface area contributed by atoms with Gasteiger partial charge in [-0.1, -0.05) is 0 Å². The van der Waals surface area contributed by atoms with Crippen molar-refractivity contribution in [3.8, 4) is 23.0 Å². The number of hydrogen-bond acceptors (Lipinski definition) is 5. The minimum absolute atomic E-state index is 0.744. The lowest BCUT2D eigenvalue weighted by Crippen LogP contribution is -2.07. The average Bonchev–Trinajstić information content (AvgIpc) is 2.73. The molecular weight excluding hydrogens is 318 g/mol. The highest BCUT2D eigenvalue weighted by Crippen LogP contribution is 2.36. The summed E-state index contributed by atoms with van der Waals surface area (Å²) in [7, 11) is 6.67. The topological polar surface area (TPSA) is 49.0 Å². The zero-order valence-electron chi connectivity index (χ0n) is 15.3. The van der Waals surface area contributed by atoms with Crippen LogP contribution in [-0.2, 0) is 19.3 Å². The lowest BCUT2D eigenvalue weighted by Gasteiger charge is -2.15. The molecule has 0 saturated heterocycles. The number of fused-ring (bicyclic) bond motifs is 2. The molecule has 2 aromatic rings. The Kier molecular flexibility index (Phi) is 5.22. The number of ether oxygens (including phenoxy) is 4. The lowest BCUT2D eigenvalue weighted by molar-refractivity contribution is 0.354. The summed E-state index contributed by atoms with van der Waals surface area (Å²) >= 11 is 0. The first-order chi connectivity index (χ1) is 12.2. The number of hydrogen-bond donors (Lipinski definition) is 1. The van der Waals surface area contributed by atoms with Crippen LogP contribution in [0.25, 0.3) is 0 Å². The first-order valence-corrected chi connectivity index (χ1v) is 8.42. The molecular formula is C20H25NO4. The summed E-state index contributed by atoms with van der Waals surface area (Å²) in [4.78, 5) is 0. The van der Waals surface area contributed by atoms with Crippen molar-refractivity contribution < 1.29 is 18.9 Å². The van der Waals surface area contributed by atoms with Gasteiger partial charge in [0.1, 0.15) is 0 Å². The number of rotatable bonds is 4. The normalized spacial score (nSPS) is 13.3. The van der Waals surface area contributed by atoms with Crippen molar-refractivity contribution in [2.24, 2.45) is 0 Å². The molecule has 0 bridgehead atoms. The van der Waals surface area contributed by atoms with E-state index in [0.29, 0.717) is 0 Å². The standard InChI is InChI=1S/C20H25NO4/c1-22-17-9-13-5-6-15-11-19(24-3)20(25-4)12-16(15)21-8-7-14(13)10-18(17)23-2/h9-12,21H,5-8H2,1-4H3. The van der Waals surface area contributed by atoms with E-state index in [4.69, 9.17) is 18.9 Å². The van der Waals surface area contributed by atoms with E-state index >= 15 is 0 Å². The molecule has 0 aliphatic carbocycles. The van der Waals surface area contributed by atoms with Gasteiger partial charge in [0, 0.05) is 18.3 Å². The third-order valence-corrected chi connectivity index (χ3v) is 4.69. The van der Waals surface area contributed by atoms with Gasteiger partial charge in [0.25, 0.3) is 0 Å². The van der Waals surface area contributed by atoms with Crippen LogP contribution in [0.1, 0.15) is 16.7 Å². The Morgan fingerprint density at radius 3 is 1.60 bits per heavy atom.